The highest BCUT2D eigenvalue weighted by Gasteiger charge is 2.28. The van der Waals surface area contributed by atoms with Crippen LogP contribution in [-0.4, -0.2) is 40.4 Å². The van der Waals surface area contributed by atoms with Gasteiger partial charge in [-0.1, -0.05) is 30.3 Å². The molecule has 32 heavy (non-hydrogen) atoms. The predicted molar refractivity (Wildman–Crippen MR) is 124 cm³/mol. The number of carbonyl (C=O) groups is 1. The van der Waals surface area contributed by atoms with E-state index in [1.807, 2.05) is 60.8 Å². The van der Waals surface area contributed by atoms with Gasteiger partial charge in [-0.15, -0.1) is 0 Å². The van der Waals surface area contributed by atoms with Gasteiger partial charge in [0.05, 0.1) is 18.2 Å². The van der Waals surface area contributed by atoms with Crippen molar-refractivity contribution >= 4 is 28.3 Å². The molecule has 1 unspecified atom stereocenters. The summed E-state index contributed by atoms with van der Waals surface area (Å²) in [5, 5.41) is 14.7. The summed E-state index contributed by atoms with van der Waals surface area (Å²) in [5.74, 6) is -0.560. The Morgan fingerprint density at radius 3 is 2.81 bits per heavy atom. The van der Waals surface area contributed by atoms with Gasteiger partial charge < -0.3 is 20.1 Å². The van der Waals surface area contributed by atoms with Gasteiger partial charge in [0.15, 0.2) is 0 Å². The minimum atomic E-state index is -1.42. The van der Waals surface area contributed by atoms with Crippen molar-refractivity contribution in [3.8, 4) is 5.75 Å². The number of methoxy groups -OCH3 is 1. The maximum absolute atomic E-state index is 13.1. The summed E-state index contributed by atoms with van der Waals surface area (Å²) in [4.78, 5) is 19.5. The number of amides is 1. The van der Waals surface area contributed by atoms with Crippen LogP contribution in [0.1, 0.15) is 30.1 Å². The van der Waals surface area contributed by atoms with E-state index in [9.17, 15) is 9.90 Å². The highest BCUT2D eigenvalue weighted by Crippen LogP contribution is 2.25. The lowest BCUT2D eigenvalue weighted by molar-refractivity contribution is -0.104. The maximum atomic E-state index is 13.1. The Morgan fingerprint density at radius 2 is 2.03 bits per heavy atom. The summed E-state index contributed by atoms with van der Waals surface area (Å²) < 4.78 is 5.27. The molecule has 2 aromatic carbocycles. The summed E-state index contributed by atoms with van der Waals surface area (Å²) in [7, 11) is 1.61. The van der Waals surface area contributed by atoms with Crippen LogP contribution in [0.25, 0.3) is 10.9 Å². The molecule has 0 fully saturated rings. The molecule has 8 nitrogen and oxygen atoms in total. The molecule has 1 atom stereocenters. The number of aromatic nitrogens is 1. The van der Waals surface area contributed by atoms with Gasteiger partial charge in [-0.25, -0.2) is 4.98 Å². The van der Waals surface area contributed by atoms with Crippen LogP contribution in [0.15, 0.2) is 66.9 Å². The van der Waals surface area contributed by atoms with Gasteiger partial charge in [0.25, 0.3) is 5.91 Å². The topological polar surface area (TPSA) is 98.8 Å². The molecule has 0 spiro atoms. The number of benzene rings is 2. The van der Waals surface area contributed by atoms with Crippen molar-refractivity contribution in [3.05, 3.63) is 72.4 Å². The number of nitrogens with one attached hydrogen (secondary N) is 3. The van der Waals surface area contributed by atoms with Crippen molar-refractivity contribution in [1.82, 2.24) is 20.7 Å². The van der Waals surface area contributed by atoms with E-state index in [1.54, 1.807) is 25.0 Å². The second-order valence-corrected chi connectivity index (χ2v) is 7.75. The molecule has 3 aromatic rings. The SMILES string of the molecule is COc1cccc(Nc2cc(C(=O)NNC(C)(O)N3C=CCCC3)c3ccccc3n2)c1. The molecule has 8 heteroatoms. The predicted octanol–water partition coefficient (Wildman–Crippen LogP) is 3.50. The number of hydrogen-bond acceptors (Lipinski definition) is 7. The summed E-state index contributed by atoms with van der Waals surface area (Å²) in [6.07, 6.45) is 5.75. The van der Waals surface area contributed by atoms with Crippen molar-refractivity contribution in [2.45, 2.75) is 25.6 Å². The third-order valence-electron chi connectivity index (χ3n) is 5.33. The Morgan fingerprint density at radius 1 is 1.19 bits per heavy atom. The lowest BCUT2D eigenvalue weighted by Gasteiger charge is -2.38. The van der Waals surface area contributed by atoms with Gasteiger partial charge in [0.2, 0.25) is 5.85 Å². The first-order valence-corrected chi connectivity index (χ1v) is 10.5. The number of hydrazine groups is 1. The number of hydrogen-bond donors (Lipinski definition) is 4. The van der Waals surface area contributed by atoms with Crippen molar-refractivity contribution in [2.75, 3.05) is 19.0 Å². The van der Waals surface area contributed by atoms with Crippen molar-refractivity contribution in [2.24, 2.45) is 0 Å². The number of carbonyl (C=O) groups excluding carboxylic acids is 1. The third-order valence-corrected chi connectivity index (χ3v) is 5.33. The van der Waals surface area contributed by atoms with E-state index in [0.29, 0.717) is 34.6 Å². The van der Waals surface area contributed by atoms with Crippen molar-refractivity contribution in [1.29, 1.82) is 0 Å². The van der Waals surface area contributed by atoms with Gasteiger partial charge in [0.1, 0.15) is 11.6 Å². The standard InChI is InChI=1S/C24H27N5O3/c1-24(31,29-13-6-3-7-14-29)28-27-23(30)20-16-22(26-21-12-5-4-11-19(20)21)25-17-9-8-10-18(15-17)32-2/h4-6,8-13,15-16,28,31H,3,7,14H2,1-2H3,(H,25,26)(H,27,30). The average Bonchev–Trinajstić information content (AvgIpc) is 2.83. The molecule has 0 aliphatic carbocycles. The van der Waals surface area contributed by atoms with Gasteiger partial charge in [-0.3, -0.25) is 10.2 Å². The van der Waals surface area contributed by atoms with Gasteiger partial charge >= 0.3 is 0 Å². The lowest BCUT2D eigenvalue weighted by atomic mass is 10.1. The van der Waals surface area contributed by atoms with Crippen LogP contribution in [0.5, 0.6) is 5.75 Å². The van der Waals surface area contributed by atoms with Crippen molar-refractivity contribution < 1.29 is 14.6 Å². The maximum Gasteiger partial charge on any atom is 0.266 e. The van der Waals surface area contributed by atoms with E-state index in [4.69, 9.17) is 4.74 Å². The fraction of sp³-hybridized carbons (Fsp3) is 0.250. The molecular formula is C24H27N5O3. The largest absolute Gasteiger partial charge is 0.497 e. The molecule has 4 rings (SSSR count). The summed E-state index contributed by atoms with van der Waals surface area (Å²) in [5.41, 5.74) is 7.29. The zero-order chi connectivity index (χ0) is 22.6. The summed E-state index contributed by atoms with van der Waals surface area (Å²) in [6.45, 7) is 2.29. The number of pyridine rings is 1. The first-order valence-electron chi connectivity index (χ1n) is 10.5. The summed E-state index contributed by atoms with van der Waals surface area (Å²) >= 11 is 0. The smallest absolute Gasteiger partial charge is 0.266 e. The molecule has 4 N–H and O–H groups in total. The van der Waals surface area contributed by atoms with Crippen molar-refractivity contribution in [3.63, 3.8) is 0 Å². The van der Waals surface area contributed by atoms with E-state index >= 15 is 0 Å². The zero-order valence-corrected chi connectivity index (χ0v) is 18.1. The number of allylic oxidation sites excluding steroid dienone is 1. The number of fused-ring (bicyclic) bond motifs is 1. The zero-order valence-electron chi connectivity index (χ0n) is 18.1. The molecule has 0 saturated heterocycles. The Bertz CT molecular complexity index is 1150. The van der Waals surface area contributed by atoms with E-state index in [2.05, 4.69) is 21.2 Å². The molecule has 1 amide bonds. The molecule has 1 aromatic heterocycles. The van der Waals surface area contributed by atoms with Crippen LogP contribution in [0.3, 0.4) is 0 Å². The van der Waals surface area contributed by atoms with Crippen LogP contribution in [-0.2, 0) is 0 Å². The Hall–Kier alpha value is -3.62. The monoisotopic (exact) mass is 433 g/mol. The quantitative estimate of drug-likeness (QED) is 0.334. The number of aliphatic hydroxyl groups is 1. The normalized spacial score (nSPS) is 15.3. The Kier molecular flexibility index (Phi) is 6.25. The number of rotatable bonds is 7. The number of anilines is 2. The van der Waals surface area contributed by atoms with Crippen LogP contribution in [0, 0.1) is 0 Å². The van der Waals surface area contributed by atoms with Crippen LogP contribution < -0.4 is 20.9 Å². The number of para-hydroxylation sites is 1. The van der Waals surface area contributed by atoms with E-state index in [0.717, 1.165) is 18.5 Å². The summed E-state index contributed by atoms with van der Waals surface area (Å²) in [6, 6.07) is 16.6. The van der Waals surface area contributed by atoms with Crippen LogP contribution in [0.2, 0.25) is 0 Å². The van der Waals surface area contributed by atoms with E-state index < -0.39 is 5.85 Å². The number of nitrogens with zero attached hydrogens (tertiary/aromatic N) is 2. The molecule has 1 aliphatic heterocycles. The molecule has 0 saturated carbocycles. The first kappa shape index (κ1) is 21.6. The molecule has 0 radical (unpaired) electrons. The lowest BCUT2D eigenvalue weighted by Crippen LogP contribution is -2.61. The van der Waals surface area contributed by atoms with Gasteiger partial charge in [0, 0.05) is 23.7 Å². The molecule has 1 aliphatic rings. The average molecular weight is 434 g/mol. The molecule has 2 heterocycles. The second kappa shape index (κ2) is 9.25. The fourth-order valence-corrected chi connectivity index (χ4v) is 3.61. The van der Waals surface area contributed by atoms with Gasteiger partial charge in [-0.2, -0.15) is 5.43 Å². The molecule has 0 bridgehead atoms. The Labute approximate surface area is 186 Å². The Balaban J connectivity index is 1.58. The molecular weight excluding hydrogens is 406 g/mol. The molecule has 166 valence electrons. The second-order valence-electron chi connectivity index (χ2n) is 7.75. The highest BCUT2D eigenvalue weighted by atomic mass is 16.5. The van der Waals surface area contributed by atoms with E-state index in [-0.39, 0.29) is 5.91 Å². The fourth-order valence-electron chi connectivity index (χ4n) is 3.61. The number of ether oxygens (including phenoxy) is 1. The van der Waals surface area contributed by atoms with Crippen LogP contribution in [0.4, 0.5) is 11.5 Å². The highest BCUT2D eigenvalue weighted by molar-refractivity contribution is 6.06. The third kappa shape index (κ3) is 4.82. The van der Waals surface area contributed by atoms with E-state index in [1.165, 1.54) is 0 Å². The first-order chi connectivity index (χ1) is 15.5. The van der Waals surface area contributed by atoms with Gasteiger partial charge in [-0.05, 0) is 50.2 Å². The minimum absolute atomic E-state index is 0.376. The van der Waals surface area contributed by atoms with Crippen LogP contribution >= 0.6 is 0 Å². The minimum Gasteiger partial charge on any atom is -0.497 e.